The van der Waals surface area contributed by atoms with E-state index in [9.17, 15) is 0 Å². The number of methoxy groups -OCH3 is 1. The first-order valence-corrected chi connectivity index (χ1v) is 7.18. The second-order valence-corrected chi connectivity index (χ2v) is 4.66. The van der Waals surface area contributed by atoms with Gasteiger partial charge in [-0.05, 0) is 31.5 Å². The van der Waals surface area contributed by atoms with E-state index in [0.29, 0.717) is 0 Å². The van der Waals surface area contributed by atoms with Crippen molar-refractivity contribution in [2.45, 2.75) is 59.1 Å². The summed E-state index contributed by atoms with van der Waals surface area (Å²) in [4.78, 5) is 2.27. The monoisotopic (exact) mass is 260 g/mol. The molecule has 0 fully saturated rings. The van der Waals surface area contributed by atoms with E-state index in [-0.39, 0.29) is 6.23 Å². The summed E-state index contributed by atoms with van der Waals surface area (Å²) in [6.45, 7) is 8.59. The lowest BCUT2D eigenvalue weighted by molar-refractivity contribution is 0.0850. The number of unbranched alkanes of at least 4 members (excludes halogenated alkanes) is 2. The van der Waals surface area contributed by atoms with Crippen molar-refractivity contribution < 1.29 is 4.74 Å². The van der Waals surface area contributed by atoms with Crippen LogP contribution < -0.4 is 5.32 Å². The van der Waals surface area contributed by atoms with E-state index < -0.39 is 0 Å². The molecule has 0 saturated heterocycles. The van der Waals surface area contributed by atoms with Gasteiger partial charge in [-0.2, -0.15) is 0 Å². The Morgan fingerprint density at radius 1 is 1.18 bits per heavy atom. The molecule has 0 aliphatic carbocycles. The molecule has 0 aromatic heterocycles. The van der Waals surface area contributed by atoms with Crippen LogP contribution in [0.15, 0.2) is 0 Å². The van der Waals surface area contributed by atoms with Crippen molar-refractivity contribution in [1.29, 1.82) is 0 Å². The van der Waals surface area contributed by atoms with Gasteiger partial charge in [0.25, 0.3) is 0 Å². The van der Waals surface area contributed by atoms with Crippen LogP contribution in [0.1, 0.15) is 52.9 Å². The van der Waals surface area contributed by atoms with Gasteiger partial charge in [0.2, 0.25) is 0 Å². The molecule has 0 aromatic rings. The van der Waals surface area contributed by atoms with Crippen LogP contribution in [0, 0.1) is 0 Å². The molecular weight excluding hydrogens is 232 g/mol. The van der Waals surface area contributed by atoms with Crippen LogP contribution in [0.2, 0.25) is 0 Å². The van der Waals surface area contributed by atoms with E-state index >= 15 is 0 Å². The maximum atomic E-state index is 5.45. The summed E-state index contributed by atoms with van der Waals surface area (Å²) in [7, 11) is 1.71. The number of nitrogens with zero attached hydrogens (tertiary/aromatic N) is 1. The van der Waals surface area contributed by atoms with Crippen LogP contribution in [0.4, 0.5) is 0 Å². The van der Waals surface area contributed by atoms with Crippen molar-refractivity contribution in [2.75, 3.05) is 20.2 Å². The molecule has 4 heteroatoms. The summed E-state index contributed by atoms with van der Waals surface area (Å²) in [5, 5.41) is 4.10. The predicted molar refractivity (Wildman–Crippen MR) is 78.2 cm³/mol. The number of thiocarbonyl (C=S) groups is 1. The standard InChI is InChI=1S/C13H28N2OS/c1-5-8-10-15(11-9-6-2)13(17)14-12(7-3)16-4/h12H,5-11H2,1-4H3,(H,14,17). The Labute approximate surface area is 112 Å². The Balaban J connectivity index is 4.19. The molecule has 0 bridgehead atoms. The SMILES string of the molecule is CCCCN(CCCC)C(=S)NC(CC)OC. The van der Waals surface area contributed by atoms with Gasteiger partial charge in [-0.25, -0.2) is 0 Å². The summed E-state index contributed by atoms with van der Waals surface area (Å²) in [6.07, 6.45) is 5.74. The molecule has 0 radical (unpaired) electrons. The summed E-state index contributed by atoms with van der Waals surface area (Å²) >= 11 is 5.45. The molecule has 0 spiro atoms. The minimum absolute atomic E-state index is 0.0354. The maximum Gasteiger partial charge on any atom is 0.170 e. The van der Waals surface area contributed by atoms with Gasteiger partial charge in [0, 0.05) is 20.2 Å². The van der Waals surface area contributed by atoms with Gasteiger partial charge in [-0.15, -0.1) is 0 Å². The molecule has 102 valence electrons. The second kappa shape index (κ2) is 10.8. The molecule has 0 aliphatic rings. The normalized spacial score (nSPS) is 12.2. The summed E-state index contributed by atoms with van der Waals surface area (Å²) in [6, 6.07) is 0. The van der Waals surface area contributed by atoms with Gasteiger partial charge < -0.3 is 15.0 Å². The van der Waals surface area contributed by atoms with Gasteiger partial charge in [-0.1, -0.05) is 33.6 Å². The van der Waals surface area contributed by atoms with Gasteiger partial charge in [0.1, 0.15) is 6.23 Å². The lowest BCUT2D eigenvalue weighted by Crippen LogP contribution is -2.45. The van der Waals surface area contributed by atoms with E-state index in [2.05, 4.69) is 31.0 Å². The second-order valence-electron chi connectivity index (χ2n) is 4.28. The van der Waals surface area contributed by atoms with Crippen molar-refractivity contribution in [3.63, 3.8) is 0 Å². The van der Waals surface area contributed by atoms with E-state index in [1.165, 1.54) is 25.7 Å². The van der Waals surface area contributed by atoms with Crippen LogP contribution in [-0.2, 0) is 4.74 Å². The average molecular weight is 260 g/mol. The molecule has 17 heavy (non-hydrogen) atoms. The Hall–Kier alpha value is -0.350. The summed E-state index contributed by atoms with van der Waals surface area (Å²) in [5.41, 5.74) is 0. The Kier molecular flexibility index (Phi) is 10.6. The summed E-state index contributed by atoms with van der Waals surface area (Å²) in [5.74, 6) is 0. The molecule has 0 rings (SSSR count). The van der Waals surface area contributed by atoms with E-state index in [4.69, 9.17) is 17.0 Å². The van der Waals surface area contributed by atoms with Crippen LogP contribution in [0.3, 0.4) is 0 Å². The zero-order valence-corrected chi connectivity index (χ0v) is 12.6. The number of ether oxygens (including phenoxy) is 1. The average Bonchev–Trinajstić information content (AvgIpc) is 2.35. The van der Waals surface area contributed by atoms with Crippen molar-refractivity contribution in [3.05, 3.63) is 0 Å². The van der Waals surface area contributed by atoms with Crippen LogP contribution in [0.25, 0.3) is 0 Å². The Morgan fingerprint density at radius 2 is 1.71 bits per heavy atom. The van der Waals surface area contributed by atoms with Gasteiger partial charge >= 0.3 is 0 Å². The fourth-order valence-electron chi connectivity index (χ4n) is 1.57. The minimum Gasteiger partial charge on any atom is -0.362 e. The fourth-order valence-corrected chi connectivity index (χ4v) is 1.88. The number of nitrogens with one attached hydrogen (secondary N) is 1. The fraction of sp³-hybridized carbons (Fsp3) is 0.923. The molecule has 0 aliphatic heterocycles. The first kappa shape index (κ1) is 16.6. The molecular formula is C13H28N2OS. The number of rotatable bonds is 9. The number of hydrogen-bond donors (Lipinski definition) is 1. The van der Waals surface area contributed by atoms with Gasteiger partial charge in [0.15, 0.2) is 5.11 Å². The quantitative estimate of drug-likeness (QED) is 0.508. The third-order valence-electron chi connectivity index (χ3n) is 2.79. The third-order valence-corrected chi connectivity index (χ3v) is 3.17. The van der Waals surface area contributed by atoms with Crippen molar-refractivity contribution in [2.24, 2.45) is 0 Å². The maximum absolute atomic E-state index is 5.45. The third kappa shape index (κ3) is 7.55. The highest BCUT2D eigenvalue weighted by molar-refractivity contribution is 7.80. The van der Waals surface area contributed by atoms with Crippen molar-refractivity contribution in [3.8, 4) is 0 Å². The van der Waals surface area contributed by atoms with Crippen LogP contribution in [-0.4, -0.2) is 36.4 Å². The topological polar surface area (TPSA) is 24.5 Å². The molecule has 0 saturated carbocycles. The molecule has 3 nitrogen and oxygen atoms in total. The predicted octanol–water partition coefficient (Wildman–Crippen LogP) is 3.15. The molecule has 0 aromatic carbocycles. The van der Waals surface area contributed by atoms with E-state index in [0.717, 1.165) is 24.6 Å². The highest BCUT2D eigenvalue weighted by Crippen LogP contribution is 2.02. The Bertz CT molecular complexity index is 188. The first-order valence-electron chi connectivity index (χ1n) is 6.77. The van der Waals surface area contributed by atoms with Gasteiger partial charge in [0.05, 0.1) is 0 Å². The van der Waals surface area contributed by atoms with Crippen LogP contribution >= 0.6 is 12.2 Å². The van der Waals surface area contributed by atoms with Crippen molar-refractivity contribution in [1.82, 2.24) is 10.2 Å². The highest BCUT2D eigenvalue weighted by atomic mass is 32.1. The zero-order chi connectivity index (χ0) is 13.1. The molecule has 0 heterocycles. The van der Waals surface area contributed by atoms with Gasteiger partial charge in [-0.3, -0.25) is 0 Å². The van der Waals surface area contributed by atoms with Crippen LogP contribution in [0.5, 0.6) is 0 Å². The molecule has 1 atom stereocenters. The number of hydrogen-bond acceptors (Lipinski definition) is 2. The van der Waals surface area contributed by atoms with E-state index in [1.807, 2.05) is 0 Å². The minimum atomic E-state index is 0.0354. The molecule has 1 N–H and O–H groups in total. The van der Waals surface area contributed by atoms with Crippen molar-refractivity contribution >= 4 is 17.3 Å². The first-order chi connectivity index (χ1) is 8.19. The zero-order valence-electron chi connectivity index (χ0n) is 11.8. The molecule has 1 unspecified atom stereocenters. The molecule has 0 amide bonds. The van der Waals surface area contributed by atoms with E-state index in [1.54, 1.807) is 7.11 Å². The Morgan fingerprint density at radius 3 is 2.06 bits per heavy atom. The largest absolute Gasteiger partial charge is 0.362 e. The smallest absolute Gasteiger partial charge is 0.170 e. The lowest BCUT2D eigenvalue weighted by atomic mass is 10.3. The summed E-state index contributed by atoms with van der Waals surface area (Å²) < 4.78 is 5.30. The lowest BCUT2D eigenvalue weighted by Gasteiger charge is -2.28. The highest BCUT2D eigenvalue weighted by Gasteiger charge is 2.12.